The molecule has 1 aromatic carbocycles. The van der Waals surface area contributed by atoms with Gasteiger partial charge in [-0.1, -0.05) is 33.8 Å². The van der Waals surface area contributed by atoms with E-state index < -0.39 is 0 Å². The highest BCUT2D eigenvalue weighted by molar-refractivity contribution is 5.75. The Morgan fingerprint density at radius 3 is 2.48 bits per heavy atom. The van der Waals surface area contributed by atoms with Crippen molar-refractivity contribution >= 4 is 12.0 Å². The quantitative estimate of drug-likeness (QED) is 0.174. The van der Waals surface area contributed by atoms with Gasteiger partial charge in [0.25, 0.3) is 0 Å². The predicted octanol–water partition coefficient (Wildman–Crippen LogP) is 4.61. The van der Waals surface area contributed by atoms with E-state index in [-0.39, 0.29) is 35.9 Å². The zero-order chi connectivity index (χ0) is 24.4. The van der Waals surface area contributed by atoms with E-state index in [0.717, 1.165) is 18.4 Å². The standard InChI is InChI=1S/C26H39NO6/c1-17(2)20(14-22(27-16-28)24-15-21(18(3)4)26(29)33-24)12-19-8-9-23(31-6)25(13-19)32-11-7-10-30-5/h8-9,13,17-18,20-22,24H,7,10-12,14-15H2,1-6H3/t20-,21-,22-,24-/m0/s1. The number of isocyanates is 1. The molecule has 2 rings (SSSR count). The molecule has 1 aromatic rings. The van der Waals surface area contributed by atoms with Crippen molar-refractivity contribution in [2.45, 2.75) is 65.5 Å². The molecule has 1 heterocycles. The summed E-state index contributed by atoms with van der Waals surface area (Å²) in [7, 11) is 3.30. The normalized spacial score (nSPS) is 19.8. The smallest absolute Gasteiger partial charge is 0.309 e. The number of methoxy groups -OCH3 is 2. The summed E-state index contributed by atoms with van der Waals surface area (Å²) in [5.74, 6) is 1.85. The first-order valence-corrected chi connectivity index (χ1v) is 11.9. The summed E-state index contributed by atoms with van der Waals surface area (Å²) in [6, 6.07) is 5.60. The molecule has 0 aromatic heterocycles. The minimum atomic E-state index is -0.384. The van der Waals surface area contributed by atoms with Crippen LogP contribution in [0.15, 0.2) is 23.2 Å². The number of esters is 1. The highest BCUT2D eigenvalue weighted by Crippen LogP contribution is 2.35. The van der Waals surface area contributed by atoms with E-state index in [0.29, 0.717) is 43.5 Å². The summed E-state index contributed by atoms with van der Waals surface area (Å²) < 4.78 is 22.1. The minimum absolute atomic E-state index is 0.142. The highest BCUT2D eigenvalue weighted by Gasteiger charge is 2.41. The van der Waals surface area contributed by atoms with Crippen molar-refractivity contribution in [3.63, 3.8) is 0 Å². The maximum Gasteiger partial charge on any atom is 0.309 e. The van der Waals surface area contributed by atoms with E-state index in [9.17, 15) is 9.59 Å². The van der Waals surface area contributed by atoms with Gasteiger partial charge in [-0.15, -0.1) is 0 Å². The maximum absolute atomic E-state index is 12.3. The first-order valence-electron chi connectivity index (χ1n) is 11.9. The average molecular weight is 462 g/mol. The van der Waals surface area contributed by atoms with Crippen molar-refractivity contribution in [1.82, 2.24) is 0 Å². The van der Waals surface area contributed by atoms with Gasteiger partial charge >= 0.3 is 5.97 Å². The topological polar surface area (TPSA) is 83.4 Å². The van der Waals surface area contributed by atoms with Crippen molar-refractivity contribution in [2.75, 3.05) is 27.4 Å². The lowest BCUT2D eigenvalue weighted by atomic mass is 9.81. The van der Waals surface area contributed by atoms with Crippen LogP contribution in [0.2, 0.25) is 0 Å². The fraction of sp³-hybridized carbons (Fsp3) is 0.692. The van der Waals surface area contributed by atoms with Gasteiger partial charge in [-0.25, -0.2) is 4.79 Å². The Labute approximate surface area is 197 Å². The molecule has 7 nitrogen and oxygen atoms in total. The van der Waals surface area contributed by atoms with Crippen molar-refractivity contribution < 1.29 is 28.5 Å². The predicted molar refractivity (Wildman–Crippen MR) is 126 cm³/mol. The summed E-state index contributed by atoms with van der Waals surface area (Å²) in [6.07, 6.45) is 4.16. The zero-order valence-electron chi connectivity index (χ0n) is 20.8. The molecule has 1 fully saturated rings. The fourth-order valence-electron chi connectivity index (χ4n) is 4.32. The van der Waals surface area contributed by atoms with Gasteiger partial charge in [0.15, 0.2) is 11.5 Å². The summed E-state index contributed by atoms with van der Waals surface area (Å²) in [5.41, 5.74) is 1.12. The Morgan fingerprint density at radius 1 is 1.15 bits per heavy atom. The molecule has 1 aliphatic rings. The molecule has 33 heavy (non-hydrogen) atoms. The Balaban J connectivity index is 2.14. The second-order valence-electron chi connectivity index (χ2n) is 9.47. The van der Waals surface area contributed by atoms with Crippen LogP contribution in [0.25, 0.3) is 0 Å². The Morgan fingerprint density at radius 2 is 1.91 bits per heavy atom. The molecule has 0 N–H and O–H groups in total. The van der Waals surface area contributed by atoms with Crippen LogP contribution >= 0.6 is 0 Å². The molecule has 1 aliphatic heterocycles. The Hall–Kier alpha value is -2.37. The van der Waals surface area contributed by atoms with Gasteiger partial charge in [0.2, 0.25) is 6.08 Å². The van der Waals surface area contributed by atoms with Gasteiger partial charge in [-0.2, -0.15) is 4.99 Å². The minimum Gasteiger partial charge on any atom is -0.493 e. The lowest BCUT2D eigenvalue weighted by Crippen LogP contribution is -2.29. The van der Waals surface area contributed by atoms with E-state index in [1.165, 1.54) is 0 Å². The lowest BCUT2D eigenvalue weighted by molar-refractivity contribution is -0.145. The Kier molecular flexibility index (Phi) is 10.9. The Bertz CT molecular complexity index is 802. The van der Waals surface area contributed by atoms with Crippen LogP contribution in [0, 0.1) is 23.7 Å². The van der Waals surface area contributed by atoms with Crippen LogP contribution in [0.5, 0.6) is 11.5 Å². The molecule has 7 heteroatoms. The number of hydrogen-bond donors (Lipinski definition) is 0. The third-order valence-corrected chi connectivity index (χ3v) is 6.47. The van der Waals surface area contributed by atoms with Crippen LogP contribution in [-0.2, 0) is 25.5 Å². The number of cyclic esters (lactones) is 1. The van der Waals surface area contributed by atoms with Crippen molar-refractivity contribution in [2.24, 2.45) is 28.7 Å². The second kappa shape index (κ2) is 13.4. The van der Waals surface area contributed by atoms with Crippen LogP contribution in [-0.4, -0.2) is 51.6 Å². The maximum atomic E-state index is 12.3. The monoisotopic (exact) mass is 461 g/mol. The number of aliphatic imine (C=N–C) groups is 1. The number of benzene rings is 1. The first kappa shape index (κ1) is 26.9. The largest absolute Gasteiger partial charge is 0.493 e. The summed E-state index contributed by atoms with van der Waals surface area (Å²) in [6.45, 7) is 9.54. The second-order valence-corrected chi connectivity index (χ2v) is 9.47. The number of ether oxygens (including phenoxy) is 4. The van der Waals surface area contributed by atoms with Crippen molar-refractivity contribution in [3.8, 4) is 11.5 Å². The first-order chi connectivity index (χ1) is 15.8. The zero-order valence-corrected chi connectivity index (χ0v) is 20.8. The number of rotatable bonds is 14. The molecule has 4 atom stereocenters. The molecule has 1 saturated heterocycles. The van der Waals surface area contributed by atoms with Gasteiger partial charge < -0.3 is 18.9 Å². The van der Waals surface area contributed by atoms with E-state index >= 15 is 0 Å². The summed E-state index contributed by atoms with van der Waals surface area (Å²) in [4.78, 5) is 27.5. The molecule has 0 aliphatic carbocycles. The molecule has 0 spiro atoms. The molecule has 0 unspecified atom stereocenters. The average Bonchev–Trinajstić information content (AvgIpc) is 3.17. The molecule has 0 saturated carbocycles. The number of hydrogen-bond acceptors (Lipinski definition) is 7. The summed E-state index contributed by atoms with van der Waals surface area (Å²) >= 11 is 0. The van der Waals surface area contributed by atoms with Gasteiger partial charge in [0.1, 0.15) is 6.10 Å². The molecule has 0 amide bonds. The van der Waals surface area contributed by atoms with E-state index in [2.05, 4.69) is 18.8 Å². The molecule has 0 radical (unpaired) electrons. The van der Waals surface area contributed by atoms with Gasteiger partial charge in [0, 0.05) is 26.6 Å². The molecular formula is C26H39NO6. The number of carbonyl (C=O) groups excluding carboxylic acids is 2. The van der Waals surface area contributed by atoms with Crippen LogP contribution < -0.4 is 9.47 Å². The number of nitrogens with zero attached hydrogens (tertiary/aromatic N) is 1. The fourth-order valence-corrected chi connectivity index (χ4v) is 4.32. The number of carbonyl (C=O) groups is 1. The van der Waals surface area contributed by atoms with Crippen LogP contribution in [0.3, 0.4) is 0 Å². The van der Waals surface area contributed by atoms with Gasteiger partial charge in [-0.3, -0.25) is 4.79 Å². The lowest BCUT2D eigenvalue weighted by Gasteiger charge is -2.26. The summed E-state index contributed by atoms with van der Waals surface area (Å²) in [5, 5.41) is 0. The van der Waals surface area contributed by atoms with Crippen LogP contribution in [0.1, 0.15) is 52.5 Å². The van der Waals surface area contributed by atoms with Gasteiger partial charge in [-0.05, 0) is 48.3 Å². The van der Waals surface area contributed by atoms with E-state index in [1.807, 2.05) is 32.0 Å². The van der Waals surface area contributed by atoms with Crippen molar-refractivity contribution in [3.05, 3.63) is 23.8 Å². The van der Waals surface area contributed by atoms with Crippen LogP contribution in [0.4, 0.5) is 0 Å². The molecule has 184 valence electrons. The third-order valence-electron chi connectivity index (χ3n) is 6.47. The van der Waals surface area contributed by atoms with Crippen molar-refractivity contribution in [1.29, 1.82) is 0 Å². The molecule has 0 bridgehead atoms. The highest BCUT2D eigenvalue weighted by atomic mass is 16.6. The SMILES string of the molecule is COCCCOc1cc(C[C@@H](C[C@H](N=C=O)[C@@H]2C[C@@H](C(C)C)C(=O)O2)C(C)C)ccc1OC. The third kappa shape index (κ3) is 7.86. The molecular weight excluding hydrogens is 422 g/mol. The van der Waals surface area contributed by atoms with Gasteiger partial charge in [0.05, 0.1) is 25.7 Å². The van der Waals surface area contributed by atoms with E-state index in [1.54, 1.807) is 20.3 Å². The van der Waals surface area contributed by atoms with E-state index in [4.69, 9.17) is 18.9 Å².